The molecule has 0 aliphatic rings. The van der Waals surface area contributed by atoms with Crippen molar-refractivity contribution < 1.29 is 4.92 Å². The summed E-state index contributed by atoms with van der Waals surface area (Å²) < 4.78 is 1.03. The van der Waals surface area contributed by atoms with Crippen LogP contribution in [0, 0.1) is 10.1 Å². The Morgan fingerprint density at radius 3 is 2.71 bits per heavy atom. The highest BCUT2D eigenvalue weighted by molar-refractivity contribution is 9.10. The van der Waals surface area contributed by atoms with Crippen LogP contribution in [0.3, 0.4) is 0 Å². The molecule has 110 valence electrons. The van der Waals surface area contributed by atoms with Gasteiger partial charge in [0.15, 0.2) is 0 Å². The monoisotopic (exact) mass is 368 g/mol. The third-order valence-corrected chi connectivity index (χ3v) is 4.04. The van der Waals surface area contributed by atoms with Gasteiger partial charge in [0.05, 0.1) is 9.95 Å². The third-order valence-electron chi connectivity index (χ3n) is 3.19. The summed E-state index contributed by atoms with van der Waals surface area (Å²) in [4.78, 5) is 10.2. The van der Waals surface area contributed by atoms with Crippen molar-refractivity contribution in [2.45, 2.75) is 19.5 Å². The first-order chi connectivity index (χ1) is 9.97. The van der Waals surface area contributed by atoms with Crippen molar-refractivity contribution >= 4 is 33.2 Å². The quantitative estimate of drug-likeness (QED) is 0.605. The Balaban J connectivity index is 2.04. The molecular weight excluding hydrogens is 356 g/mol. The second-order valence-electron chi connectivity index (χ2n) is 4.69. The fourth-order valence-electron chi connectivity index (χ4n) is 1.95. The smallest absolute Gasteiger partial charge is 0.270 e. The minimum atomic E-state index is -0.451. The maximum Gasteiger partial charge on any atom is 0.270 e. The molecule has 0 bridgehead atoms. The maximum absolute atomic E-state index is 10.7. The zero-order chi connectivity index (χ0) is 15.4. The number of nitro groups is 1. The number of rotatable bonds is 5. The lowest BCUT2D eigenvalue weighted by Crippen LogP contribution is -2.18. The first-order valence-electron chi connectivity index (χ1n) is 6.39. The van der Waals surface area contributed by atoms with Gasteiger partial charge in [-0.3, -0.25) is 10.1 Å². The normalized spacial score (nSPS) is 12.1. The second kappa shape index (κ2) is 7.02. The van der Waals surface area contributed by atoms with Gasteiger partial charge in [-0.25, -0.2) is 0 Å². The minimum Gasteiger partial charge on any atom is -0.306 e. The maximum atomic E-state index is 10.7. The van der Waals surface area contributed by atoms with Gasteiger partial charge >= 0.3 is 0 Å². The SMILES string of the molecule is C[C@H](NCc1ccc([N+](=O)[O-])cc1Cl)c1cccc(Br)c1. The van der Waals surface area contributed by atoms with E-state index < -0.39 is 4.92 Å². The molecule has 2 rings (SSSR count). The van der Waals surface area contributed by atoms with E-state index in [1.54, 1.807) is 6.07 Å². The molecule has 2 aromatic rings. The van der Waals surface area contributed by atoms with Gasteiger partial charge in [-0.05, 0) is 36.2 Å². The highest BCUT2D eigenvalue weighted by Crippen LogP contribution is 2.23. The molecule has 0 aromatic heterocycles. The van der Waals surface area contributed by atoms with Crippen LogP contribution in [-0.2, 0) is 6.54 Å². The molecule has 0 saturated carbocycles. The molecule has 21 heavy (non-hydrogen) atoms. The Bertz CT molecular complexity index is 664. The van der Waals surface area contributed by atoms with Crippen LogP contribution in [0.1, 0.15) is 24.1 Å². The van der Waals surface area contributed by atoms with E-state index in [1.165, 1.54) is 12.1 Å². The lowest BCUT2D eigenvalue weighted by atomic mass is 10.1. The number of hydrogen-bond acceptors (Lipinski definition) is 3. The third kappa shape index (κ3) is 4.27. The van der Waals surface area contributed by atoms with Crippen LogP contribution in [-0.4, -0.2) is 4.92 Å². The van der Waals surface area contributed by atoms with Gasteiger partial charge in [-0.2, -0.15) is 0 Å². The van der Waals surface area contributed by atoms with Crippen molar-refractivity contribution in [3.8, 4) is 0 Å². The van der Waals surface area contributed by atoms with Gasteiger partial charge in [0, 0.05) is 29.2 Å². The van der Waals surface area contributed by atoms with E-state index in [1.807, 2.05) is 18.2 Å². The molecule has 0 amide bonds. The Morgan fingerprint density at radius 2 is 2.10 bits per heavy atom. The number of nitro benzene ring substituents is 1. The summed E-state index contributed by atoms with van der Waals surface area (Å²) in [7, 11) is 0. The average molecular weight is 370 g/mol. The van der Waals surface area contributed by atoms with Gasteiger partial charge in [0.1, 0.15) is 0 Å². The van der Waals surface area contributed by atoms with Crippen molar-refractivity contribution in [1.82, 2.24) is 5.32 Å². The van der Waals surface area contributed by atoms with E-state index in [0.717, 1.165) is 15.6 Å². The number of nitrogens with zero attached hydrogens (tertiary/aromatic N) is 1. The van der Waals surface area contributed by atoms with Crippen molar-refractivity contribution in [3.63, 3.8) is 0 Å². The molecule has 0 aliphatic carbocycles. The van der Waals surface area contributed by atoms with Crippen LogP contribution < -0.4 is 5.32 Å². The number of halogens is 2. The zero-order valence-corrected chi connectivity index (χ0v) is 13.7. The lowest BCUT2D eigenvalue weighted by molar-refractivity contribution is -0.384. The van der Waals surface area contributed by atoms with Gasteiger partial charge in [0.25, 0.3) is 5.69 Å². The standard InChI is InChI=1S/C15H14BrClN2O2/c1-10(11-3-2-4-13(16)7-11)18-9-12-5-6-14(19(20)21)8-15(12)17/h2-8,10,18H,9H2,1H3/t10-/m0/s1. The molecule has 0 spiro atoms. The van der Waals surface area contributed by atoms with Gasteiger partial charge < -0.3 is 5.32 Å². The van der Waals surface area contributed by atoms with E-state index in [9.17, 15) is 10.1 Å². The summed E-state index contributed by atoms with van der Waals surface area (Å²) in [5, 5.41) is 14.4. The first-order valence-corrected chi connectivity index (χ1v) is 7.56. The summed E-state index contributed by atoms with van der Waals surface area (Å²) in [6.45, 7) is 2.60. The van der Waals surface area contributed by atoms with Crippen molar-refractivity contribution in [2.24, 2.45) is 0 Å². The Labute approximate surface area is 136 Å². The number of non-ortho nitro benzene ring substituents is 1. The number of nitrogens with one attached hydrogen (secondary N) is 1. The average Bonchev–Trinajstić information content (AvgIpc) is 2.45. The molecule has 1 N–H and O–H groups in total. The fraction of sp³-hybridized carbons (Fsp3) is 0.200. The van der Waals surface area contributed by atoms with E-state index in [4.69, 9.17) is 11.6 Å². The van der Waals surface area contributed by atoms with E-state index in [2.05, 4.69) is 34.2 Å². The predicted molar refractivity (Wildman–Crippen MR) is 87.5 cm³/mol. The van der Waals surface area contributed by atoms with Crippen LogP contribution in [0.5, 0.6) is 0 Å². The van der Waals surface area contributed by atoms with E-state index in [-0.39, 0.29) is 11.7 Å². The first kappa shape index (κ1) is 15.9. The number of hydrogen-bond donors (Lipinski definition) is 1. The molecular formula is C15H14BrClN2O2. The Morgan fingerprint density at radius 1 is 1.33 bits per heavy atom. The lowest BCUT2D eigenvalue weighted by Gasteiger charge is -2.15. The van der Waals surface area contributed by atoms with Crippen LogP contribution in [0.25, 0.3) is 0 Å². The second-order valence-corrected chi connectivity index (χ2v) is 6.01. The van der Waals surface area contributed by atoms with Crippen molar-refractivity contribution in [1.29, 1.82) is 0 Å². The van der Waals surface area contributed by atoms with Gasteiger partial charge in [0.2, 0.25) is 0 Å². The highest BCUT2D eigenvalue weighted by atomic mass is 79.9. The molecule has 1 atom stereocenters. The predicted octanol–water partition coefficient (Wildman–Crippen LogP) is 4.86. The molecule has 0 saturated heterocycles. The fourth-order valence-corrected chi connectivity index (χ4v) is 2.61. The van der Waals surface area contributed by atoms with E-state index >= 15 is 0 Å². The molecule has 0 unspecified atom stereocenters. The summed E-state index contributed by atoms with van der Waals surface area (Å²) in [5.41, 5.74) is 2.00. The van der Waals surface area contributed by atoms with Crippen molar-refractivity contribution in [2.75, 3.05) is 0 Å². The van der Waals surface area contributed by atoms with Crippen LogP contribution >= 0.6 is 27.5 Å². The largest absolute Gasteiger partial charge is 0.306 e. The highest BCUT2D eigenvalue weighted by Gasteiger charge is 2.11. The molecule has 0 fully saturated rings. The molecule has 0 heterocycles. The molecule has 4 nitrogen and oxygen atoms in total. The van der Waals surface area contributed by atoms with Gasteiger partial charge in [-0.1, -0.05) is 39.7 Å². The Hall–Kier alpha value is -1.43. The summed E-state index contributed by atoms with van der Waals surface area (Å²) in [6, 6.07) is 12.7. The van der Waals surface area contributed by atoms with Gasteiger partial charge in [-0.15, -0.1) is 0 Å². The summed E-state index contributed by atoms with van der Waals surface area (Å²) >= 11 is 9.52. The Kier molecular flexibility index (Phi) is 5.33. The molecule has 0 radical (unpaired) electrons. The number of benzene rings is 2. The van der Waals surface area contributed by atoms with Crippen LogP contribution in [0.2, 0.25) is 5.02 Å². The topological polar surface area (TPSA) is 55.2 Å². The molecule has 0 aliphatic heterocycles. The summed E-state index contributed by atoms with van der Waals surface area (Å²) in [6.07, 6.45) is 0. The van der Waals surface area contributed by atoms with Crippen molar-refractivity contribution in [3.05, 3.63) is 73.2 Å². The van der Waals surface area contributed by atoms with E-state index in [0.29, 0.717) is 11.6 Å². The van der Waals surface area contributed by atoms with Crippen LogP contribution in [0.4, 0.5) is 5.69 Å². The summed E-state index contributed by atoms with van der Waals surface area (Å²) in [5.74, 6) is 0. The van der Waals surface area contributed by atoms with Crippen LogP contribution in [0.15, 0.2) is 46.9 Å². The zero-order valence-electron chi connectivity index (χ0n) is 11.3. The minimum absolute atomic E-state index is 0.00351. The molecule has 6 heteroatoms. The molecule has 2 aromatic carbocycles.